The molecule has 100 valence electrons. The summed E-state index contributed by atoms with van der Waals surface area (Å²) < 4.78 is 27.1. The Morgan fingerprint density at radius 2 is 1.84 bits per heavy atom. The highest BCUT2D eigenvalue weighted by atomic mass is 79.9. The van der Waals surface area contributed by atoms with Crippen LogP contribution in [0.5, 0.6) is 0 Å². The van der Waals surface area contributed by atoms with Gasteiger partial charge in [0, 0.05) is 15.5 Å². The fourth-order valence-corrected chi connectivity index (χ4v) is 2.52. The van der Waals surface area contributed by atoms with E-state index < -0.39 is 6.04 Å². The van der Waals surface area contributed by atoms with Gasteiger partial charge < -0.3 is 5.73 Å². The van der Waals surface area contributed by atoms with Crippen LogP contribution < -0.4 is 5.73 Å². The molecule has 2 N–H and O–H groups in total. The van der Waals surface area contributed by atoms with Gasteiger partial charge >= 0.3 is 0 Å². The first-order valence-electron chi connectivity index (χ1n) is 5.61. The van der Waals surface area contributed by atoms with Crippen LogP contribution in [0.4, 0.5) is 8.78 Å². The highest BCUT2D eigenvalue weighted by Gasteiger charge is 2.12. The molecule has 0 aliphatic carbocycles. The molecule has 1 nitrogen and oxygen atoms in total. The SMILES string of the molecule is NC(Cc1cc(F)ccc1Cl)c1cc(F)cc(Br)c1. The fraction of sp³-hybridized carbons (Fsp3) is 0.143. The van der Waals surface area contributed by atoms with E-state index >= 15 is 0 Å². The maximum Gasteiger partial charge on any atom is 0.124 e. The number of hydrogen-bond acceptors (Lipinski definition) is 1. The molecule has 0 bridgehead atoms. The first-order valence-corrected chi connectivity index (χ1v) is 6.78. The van der Waals surface area contributed by atoms with Crippen molar-refractivity contribution < 1.29 is 8.78 Å². The molecular weight excluding hydrogens is 336 g/mol. The van der Waals surface area contributed by atoms with E-state index in [2.05, 4.69) is 15.9 Å². The second-order valence-corrected chi connectivity index (χ2v) is 5.57. The van der Waals surface area contributed by atoms with Crippen LogP contribution in [0.3, 0.4) is 0 Å². The Morgan fingerprint density at radius 3 is 2.53 bits per heavy atom. The van der Waals surface area contributed by atoms with Crippen molar-refractivity contribution in [1.82, 2.24) is 0 Å². The molecule has 0 spiro atoms. The first-order chi connectivity index (χ1) is 8.95. The van der Waals surface area contributed by atoms with Crippen molar-refractivity contribution in [3.8, 4) is 0 Å². The van der Waals surface area contributed by atoms with Crippen molar-refractivity contribution in [2.75, 3.05) is 0 Å². The van der Waals surface area contributed by atoms with E-state index in [-0.39, 0.29) is 11.6 Å². The van der Waals surface area contributed by atoms with Gasteiger partial charge in [0.25, 0.3) is 0 Å². The lowest BCUT2D eigenvalue weighted by molar-refractivity contribution is 0.613. The van der Waals surface area contributed by atoms with E-state index in [1.54, 1.807) is 6.07 Å². The van der Waals surface area contributed by atoms with Crippen molar-refractivity contribution in [3.05, 3.63) is 68.7 Å². The highest BCUT2D eigenvalue weighted by molar-refractivity contribution is 9.10. The van der Waals surface area contributed by atoms with Gasteiger partial charge in [-0.15, -0.1) is 0 Å². The molecule has 0 saturated heterocycles. The monoisotopic (exact) mass is 345 g/mol. The summed E-state index contributed by atoms with van der Waals surface area (Å²) in [7, 11) is 0. The number of rotatable bonds is 3. The van der Waals surface area contributed by atoms with Crippen molar-refractivity contribution in [1.29, 1.82) is 0 Å². The summed E-state index contributed by atoms with van der Waals surface area (Å²) in [6.07, 6.45) is 0.340. The Morgan fingerprint density at radius 1 is 1.11 bits per heavy atom. The van der Waals surface area contributed by atoms with E-state index in [4.69, 9.17) is 17.3 Å². The van der Waals surface area contributed by atoms with Crippen LogP contribution in [-0.2, 0) is 6.42 Å². The minimum Gasteiger partial charge on any atom is -0.324 e. The average Bonchev–Trinajstić information content (AvgIpc) is 2.32. The van der Waals surface area contributed by atoms with Gasteiger partial charge in [-0.1, -0.05) is 27.5 Å². The summed E-state index contributed by atoms with van der Waals surface area (Å²) in [6.45, 7) is 0. The summed E-state index contributed by atoms with van der Waals surface area (Å²) in [6, 6.07) is 8.12. The molecule has 0 amide bonds. The third-order valence-corrected chi connectivity index (χ3v) is 3.59. The molecule has 0 aliphatic rings. The third kappa shape index (κ3) is 3.75. The lowest BCUT2D eigenvalue weighted by atomic mass is 9.99. The maximum absolute atomic E-state index is 13.3. The molecule has 2 aromatic carbocycles. The number of hydrogen-bond donors (Lipinski definition) is 1. The van der Waals surface area contributed by atoms with Gasteiger partial charge in [0.1, 0.15) is 11.6 Å². The summed E-state index contributed by atoms with van der Waals surface area (Å²) in [5.41, 5.74) is 7.25. The Bertz CT molecular complexity index is 584. The smallest absolute Gasteiger partial charge is 0.124 e. The van der Waals surface area contributed by atoms with E-state index in [1.165, 1.54) is 30.3 Å². The quantitative estimate of drug-likeness (QED) is 0.862. The summed E-state index contributed by atoms with van der Waals surface area (Å²) in [4.78, 5) is 0. The van der Waals surface area contributed by atoms with Gasteiger partial charge in [-0.05, 0) is 53.9 Å². The van der Waals surface area contributed by atoms with Crippen LogP contribution >= 0.6 is 27.5 Å². The molecule has 0 heterocycles. The molecule has 0 aliphatic heterocycles. The largest absolute Gasteiger partial charge is 0.324 e. The van der Waals surface area contributed by atoms with Crippen LogP contribution in [-0.4, -0.2) is 0 Å². The van der Waals surface area contributed by atoms with Gasteiger partial charge in [-0.25, -0.2) is 8.78 Å². The van der Waals surface area contributed by atoms with Crippen LogP contribution in [0.25, 0.3) is 0 Å². The van der Waals surface area contributed by atoms with Crippen LogP contribution in [0.15, 0.2) is 40.9 Å². The Labute approximate surface area is 123 Å². The Kier molecular flexibility index (Phi) is 4.55. The normalized spacial score (nSPS) is 12.5. The lowest BCUT2D eigenvalue weighted by Crippen LogP contribution is -2.14. The third-order valence-electron chi connectivity index (χ3n) is 2.76. The Balaban J connectivity index is 2.25. The highest BCUT2D eigenvalue weighted by Crippen LogP contribution is 2.25. The average molecular weight is 347 g/mol. The summed E-state index contributed by atoms with van der Waals surface area (Å²) >= 11 is 9.20. The fourth-order valence-electron chi connectivity index (χ4n) is 1.84. The van der Waals surface area contributed by atoms with Gasteiger partial charge in [0.05, 0.1) is 0 Å². The van der Waals surface area contributed by atoms with Crippen LogP contribution in [0.2, 0.25) is 5.02 Å². The number of benzene rings is 2. The van der Waals surface area contributed by atoms with E-state index in [0.717, 1.165) is 0 Å². The molecule has 1 unspecified atom stereocenters. The molecule has 2 rings (SSSR count). The topological polar surface area (TPSA) is 26.0 Å². The van der Waals surface area contributed by atoms with E-state index in [0.29, 0.717) is 27.0 Å². The van der Waals surface area contributed by atoms with Crippen LogP contribution in [0, 0.1) is 11.6 Å². The van der Waals surface area contributed by atoms with E-state index in [1.807, 2.05) is 0 Å². The predicted octanol–water partition coefficient (Wildman–Crippen LogP) is 4.62. The van der Waals surface area contributed by atoms with Gasteiger partial charge in [0.15, 0.2) is 0 Å². The molecule has 0 saturated carbocycles. The summed E-state index contributed by atoms with van der Waals surface area (Å²) in [5, 5.41) is 0.451. The standard InChI is InChI=1S/C14H11BrClF2N/c15-10-3-9(5-12(18)7-10)14(19)6-8-4-11(17)1-2-13(8)16/h1-5,7,14H,6,19H2. The van der Waals surface area contributed by atoms with Crippen molar-refractivity contribution in [2.24, 2.45) is 5.73 Å². The zero-order valence-electron chi connectivity index (χ0n) is 9.84. The summed E-state index contributed by atoms with van der Waals surface area (Å²) in [5.74, 6) is -0.739. The van der Waals surface area contributed by atoms with Crippen molar-refractivity contribution in [3.63, 3.8) is 0 Å². The van der Waals surface area contributed by atoms with Gasteiger partial charge in [0.2, 0.25) is 0 Å². The molecule has 19 heavy (non-hydrogen) atoms. The van der Waals surface area contributed by atoms with Gasteiger partial charge in [-0.2, -0.15) is 0 Å². The van der Waals surface area contributed by atoms with Crippen molar-refractivity contribution in [2.45, 2.75) is 12.5 Å². The number of nitrogens with two attached hydrogens (primary N) is 1. The zero-order chi connectivity index (χ0) is 14.0. The lowest BCUT2D eigenvalue weighted by Gasteiger charge is -2.14. The molecule has 0 aromatic heterocycles. The molecule has 2 aromatic rings. The second-order valence-electron chi connectivity index (χ2n) is 4.25. The second kappa shape index (κ2) is 5.99. The zero-order valence-corrected chi connectivity index (χ0v) is 12.2. The first kappa shape index (κ1) is 14.4. The molecule has 1 atom stereocenters. The molecular formula is C14H11BrClF2N. The predicted molar refractivity (Wildman–Crippen MR) is 76.1 cm³/mol. The molecule has 0 radical (unpaired) electrons. The van der Waals surface area contributed by atoms with E-state index in [9.17, 15) is 8.78 Å². The Hall–Kier alpha value is -0.970. The minimum absolute atomic E-state index is 0.340. The molecule has 5 heteroatoms. The number of halogens is 4. The minimum atomic E-state index is -0.453. The maximum atomic E-state index is 13.3. The van der Waals surface area contributed by atoms with Crippen LogP contribution in [0.1, 0.15) is 17.2 Å². The van der Waals surface area contributed by atoms with Gasteiger partial charge in [-0.3, -0.25) is 0 Å². The van der Waals surface area contributed by atoms with Crippen molar-refractivity contribution >= 4 is 27.5 Å². The molecule has 0 fully saturated rings.